The Labute approximate surface area is 221 Å². The number of nitrogens with zero attached hydrogens (tertiary/aromatic N) is 3. The van der Waals surface area contributed by atoms with Crippen LogP contribution in [-0.4, -0.2) is 35.1 Å². The number of amides is 1. The molecule has 3 N–H and O–H groups in total. The third-order valence-electron chi connectivity index (χ3n) is 6.29. The van der Waals surface area contributed by atoms with E-state index >= 15 is 0 Å². The molecule has 0 bridgehead atoms. The summed E-state index contributed by atoms with van der Waals surface area (Å²) >= 11 is 0. The molecule has 1 amide bonds. The monoisotopic (exact) mass is 503 g/mol. The van der Waals surface area contributed by atoms with Gasteiger partial charge in [-0.3, -0.25) is 4.79 Å². The van der Waals surface area contributed by atoms with Crippen molar-refractivity contribution in [2.45, 2.75) is 13.2 Å². The highest BCUT2D eigenvalue weighted by Gasteiger charge is 2.10. The summed E-state index contributed by atoms with van der Waals surface area (Å²) in [5.41, 5.74) is 6.14. The SMILES string of the molecule is CN(C)c1nc(NCc2ccc(NC(=O)c3ccc(-c4ccc(CO)cc4)cc3)cc2)nc2ccccc12. The Morgan fingerprint density at radius 2 is 1.42 bits per heavy atom. The van der Waals surface area contributed by atoms with Crippen molar-refractivity contribution in [3.05, 3.63) is 114 Å². The molecular formula is C31H29N5O2. The molecule has 1 aromatic heterocycles. The van der Waals surface area contributed by atoms with Crippen LogP contribution in [0, 0.1) is 0 Å². The first kappa shape index (κ1) is 24.9. The second-order valence-corrected chi connectivity index (χ2v) is 9.22. The number of benzene rings is 4. The number of hydrogen-bond acceptors (Lipinski definition) is 6. The number of para-hydroxylation sites is 1. The molecule has 4 aromatic carbocycles. The predicted molar refractivity (Wildman–Crippen MR) is 153 cm³/mol. The van der Waals surface area contributed by atoms with Gasteiger partial charge in [-0.2, -0.15) is 4.98 Å². The lowest BCUT2D eigenvalue weighted by Crippen LogP contribution is -2.14. The molecule has 0 saturated carbocycles. The molecule has 7 nitrogen and oxygen atoms in total. The van der Waals surface area contributed by atoms with Crippen LogP contribution in [-0.2, 0) is 13.2 Å². The van der Waals surface area contributed by atoms with E-state index in [1.165, 1.54) is 0 Å². The number of carbonyl (C=O) groups is 1. The van der Waals surface area contributed by atoms with Crippen LogP contribution in [0.5, 0.6) is 0 Å². The molecule has 0 aliphatic carbocycles. The third-order valence-corrected chi connectivity index (χ3v) is 6.29. The molecule has 0 atom stereocenters. The second kappa shape index (κ2) is 11.1. The highest BCUT2D eigenvalue weighted by Crippen LogP contribution is 2.24. The van der Waals surface area contributed by atoms with Crippen LogP contribution in [0.2, 0.25) is 0 Å². The maximum absolute atomic E-state index is 12.8. The van der Waals surface area contributed by atoms with E-state index < -0.39 is 0 Å². The van der Waals surface area contributed by atoms with Gasteiger partial charge in [0, 0.05) is 37.3 Å². The zero-order chi connectivity index (χ0) is 26.5. The summed E-state index contributed by atoms with van der Waals surface area (Å²) in [7, 11) is 3.94. The van der Waals surface area contributed by atoms with Crippen LogP contribution in [0.15, 0.2) is 97.1 Å². The molecule has 0 aliphatic heterocycles. The zero-order valence-electron chi connectivity index (χ0n) is 21.3. The Morgan fingerprint density at radius 1 is 0.789 bits per heavy atom. The Hall–Kier alpha value is -4.75. The first-order valence-electron chi connectivity index (χ1n) is 12.4. The van der Waals surface area contributed by atoms with E-state index in [1.54, 1.807) is 0 Å². The number of hydrogen-bond donors (Lipinski definition) is 3. The molecule has 38 heavy (non-hydrogen) atoms. The van der Waals surface area contributed by atoms with Crippen LogP contribution < -0.4 is 15.5 Å². The molecule has 5 aromatic rings. The van der Waals surface area contributed by atoms with Crippen LogP contribution in [0.25, 0.3) is 22.0 Å². The van der Waals surface area contributed by atoms with Crippen LogP contribution >= 0.6 is 0 Å². The molecule has 0 fully saturated rings. The molecule has 0 spiro atoms. The predicted octanol–water partition coefficient (Wildman–Crippen LogP) is 5.72. The number of nitrogens with one attached hydrogen (secondary N) is 2. The number of rotatable bonds is 8. The van der Waals surface area contributed by atoms with E-state index in [0.29, 0.717) is 18.1 Å². The third kappa shape index (κ3) is 5.63. The van der Waals surface area contributed by atoms with Gasteiger partial charge in [0.1, 0.15) is 5.82 Å². The van der Waals surface area contributed by atoms with Crippen LogP contribution in [0.4, 0.5) is 17.5 Å². The van der Waals surface area contributed by atoms with Crippen molar-refractivity contribution in [2.24, 2.45) is 0 Å². The molecule has 0 unspecified atom stereocenters. The lowest BCUT2D eigenvalue weighted by Gasteiger charge is -2.16. The number of fused-ring (bicyclic) bond motifs is 1. The van der Waals surface area contributed by atoms with Gasteiger partial charge in [-0.1, -0.05) is 60.7 Å². The van der Waals surface area contributed by atoms with Gasteiger partial charge in [0.25, 0.3) is 5.91 Å². The van der Waals surface area contributed by atoms with Crippen molar-refractivity contribution < 1.29 is 9.90 Å². The normalized spacial score (nSPS) is 10.8. The lowest BCUT2D eigenvalue weighted by molar-refractivity contribution is 0.102. The van der Waals surface area contributed by atoms with Crippen molar-refractivity contribution >= 4 is 34.3 Å². The summed E-state index contributed by atoms with van der Waals surface area (Å²) in [6.07, 6.45) is 0. The van der Waals surface area contributed by atoms with Crippen molar-refractivity contribution in [1.29, 1.82) is 0 Å². The summed E-state index contributed by atoms with van der Waals surface area (Å²) in [6, 6.07) is 30.9. The minimum absolute atomic E-state index is 0.0212. The Kier molecular flexibility index (Phi) is 7.28. The Morgan fingerprint density at radius 3 is 2.08 bits per heavy atom. The van der Waals surface area contributed by atoms with Crippen LogP contribution in [0.1, 0.15) is 21.5 Å². The largest absolute Gasteiger partial charge is 0.392 e. The minimum Gasteiger partial charge on any atom is -0.392 e. The van der Waals surface area contributed by atoms with Crippen LogP contribution in [0.3, 0.4) is 0 Å². The van der Waals surface area contributed by atoms with Crippen molar-refractivity contribution in [3.8, 4) is 11.1 Å². The number of anilines is 3. The van der Waals surface area contributed by atoms with E-state index in [2.05, 4.69) is 20.6 Å². The van der Waals surface area contributed by atoms with Crippen molar-refractivity contribution in [1.82, 2.24) is 9.97 Å². The summed E-state index contributed by atoms with van der Waals surface area (Å²) in [4.78, 5) is 24.1. The fraction of sp³-hybridized carbons (Fsp3) is 0.129. The van der Waals surface area contributed by atoms with Gasteiger partial charge < -0.3 is 20.6 Å². The molecule has 5 rings (SSSR count). The highest BCUT2D eigenvalue weighted by atomic mass is 16.3. The average Bonchev–Trinajstić information content (AvgIpc) is 2.96. The van der Waals surface area contributed by atoms with Gasteiger partial charge in [-0.15, -0.1) is 0 Å². The number of aromatic nitrogens is 2. The van der Waals surface area contributed by atoms with E-state index in [4.69, 9.17) is 0 Å². The molecule has 190 valence electrons. The molecular weight excluding hydrogens is 474 g/mol. The minimum atomic E-state index is -0.168. The van der Waals surface area contributed by atoms with Crippen molar-refractivity contribution in [2.75, 3.05) is 29.6 Å². The fourth-order valence-electron chi connectivity index (χ4n) is 4.19. The van der Waals surface area contributed by atoms with Gasteiger partial charge in [0.2, 0.25) is 5.95 Å². The number of aliphatic hydroxyl groups excluding tert-OH is 1. The molecule has 0 saturated heterocycles. The first-order chi connectivity index (χ1) is 18.5. The topological polar surface area (TPSA) is 90.4 Å². The first-order valence-corrected chi connectivity index (χ1v) is 12.4. The summed E-state index contributed by atoms with van der Waals surface area (Å²) in [5, 5.41) is 16.5. The maximum atomic E-state index is 12.8. The van der Waals surface area contributed by atoms with Gasteiger partial charge in [-0.25, -0.2) is 4.98 Å². The summed E-state index contributed by atoms with van der Waals surface area (Å²) < 4.78 is 0. The zero-order valence-corrected chi connectivity index (χ0v) is 21.3. The van der Waals surface area contributed by atoms with E-state index in [1.807, 2.05) is 116 Å². The molecule has 7 heteroatoms. The molecule has 0 radical (unpaired) electrons. The maximum Gasteiger partial charge on any atom is 0.255 e. The van der Waals surface area contributed by atoms with Gasteiger partial charge >= 0.3 is 0 Å². The Balaban J connectivity index is 1.20. The van der Waals surface area contributed by atoms with E-state index in [0.717, 1.165) is 44.7 Å². The van der Waals surface area contributed by atoms with Gasteiger partial charge in [0.15, 0.2) is 0 Å². The van der Waals surface area contributed by atoms with E-state index in [-0.39, 0.29) is 12.5 Å². The highest BCUT2D eigenvalue weighted by molar-refractivity contribution is 6.04. The second-order valence-electron chi connectivity index (χ2n) is 9.22. The smallest absolute Gasteiger partial charge is 0.255 e. The number of aliphatic hydroxyl groups is 1. The lowest BCUT2D eigenvalue weighted by atomic mass is 10.0. The average molecular weight is 504 g/mol. The molecule has 0 aliphatic rings. The van der Waals surface area contributed by atoms with Gasteiger partial charge in [-0.05, 0) is 58.7 Å². The number of carbonyl (C=O) groups excluding carboxylic acids is 1. The standard InChI is InChI=1S/C31H29N5O2/c1-36(2)29-27-5-3-4-6-28(27)34-31(35-29)32-19-21-9-17-26(18-10-21)33-30(38)25-15-13-24(14-16-25)23-11-7-22(20-37)8-12-23/h3-18,37H,19-20H2,1-2H3,(H,33,38)(H,32,34,35). The molecule has 1 heterocycles. The Bertz CT molecular complexity index is 1550. The fourth-order valence-corrected chi connectivity index (χ4v) is 4.19. The quantitative estimate of drug-likeness (QED) is 0.251. The van der Waals surface area contributed by atoms with E-state index in [9.17, 15) is 9.90 Å². The van der Waals surface area contributed by atoms with Crippen molar-refractivity contribution in [3.63, 3.8) is 0 Å². The summed E-state index contributed by atoms with van der Waals surface area (Å²) in [6.45, 7) is 0.577. The summed E-state index contributed by atoms with van der Waals surface area (Å²) in [5.74, 6) is 1.26. The van der Waals surface area contributed by atoms with Gasteiger partial charge in [0.05, 0.1) is 12.1 Å².